The highest BCUT2D eigenvalue weighted by Gasteiger charge is 2.45. The summed E-state index contributed by atoms with van der Waals surface area (Å²) in [6, 6.07) is 8.14. The molecule has 0 bridgehead atoms. The molecule has 1 aromatic carbocycles. The second-order valence-corrected chi connectivity index (χ2v) is 5.20. The van der Waals surface area contributed by atoms with Crippen LogP contribution in [0.1, 0.15) is 36.3 Å². The summed E-state index contributed by atoms with van der Waals surface area (Å²) in [6.07, 6.45) is 2.04. The van der Waals surface area contributed by atoms with Gasteiger partial charge in [-0.2, -0.15) is 0 Å². The Balaban J connectivity index is 1.81. The van der Waals surface area contributed by atoms with Crippen molar-refractivity contribution < 1.29 is 14.3 Å². The SMILES string of the molecule is Cc1ccccc1C1CCC2(CC1=O)OCCO2. The molecule has 96 valence electrons. The summed E-state index contributed by atoms with van der Waals surface area (Å²) in [6.45, 7) is 3.29. The number of carbonyl (C=O) groups excluding carboxylic acids is 1. The number of carbonyl (C=O) groups is 1. The smallest absolute Gasteiger partial charge is 0.175 e. The minimum atomic E-state index is -0.601. The van der Waals surface area contributed by atoms with Gasteiger partial charge in [-0.3, -0.25) is 4.79 Å². The Hall–Kier alpha value is -1.19. The van der Waals surface area contributed by atoms with Crippen molar-refractivity contribution in [3.8, 4) is 0 Å². The van der Waals surface area contributed by atoms with E-state index in [0.29, 0.717) is 19.6 Å². The van der Waals surface area contributed by atoms with Crippen LogP contribution in [0.5, 0.6) is 0 Å². The normalized spacial score (nSPS) is 26.7. The van der Waals surface area contributed by atoms with E-state index >= 15 is 0 Å². The summed E-state index contributed by atoms with van der Waals surface area (Å²) < 4.78 is 11.2. The highest BCUT2D eigenvalue weighted by molar-refractivity contribution is 5.87. The summed E-state index contributed by atoms with van der Waals surface area (Å²) >= 11 is 0. The molecule has 1 heterocycles. The van der Waals surface area contributed by atoms with Gasteiger partial charge in [0.1, 0.15) is 5.78 Å². The van der Waals surface area contributed by atoms with Crippen LogP contribution in [0.2, 0.25) is 0 Å². The van der Waals surface area contributed by atoms with Crippen molar-refractivity contribution >= 4 is 5.78 Å². The van der Waals surface area contributed by atoms with Crippen LogP contribution in [0.25, 0.3) is 0 Å². The average Bonchev–Trinajstić information content (AvgIpc) is 2.79. The van der Waals surface area contributed by atoms with Gasteiger partial charge in [0.15, 0.2) is 5.79 Å². The van der Waals surface area contributed by atoms with Gasteiger partial charge in [-0.15, -0.1) is 0 Å². The lowest BCUT2D eigenvalue weighted by molar-refractivity contribution is -0.182. The fourth-order valence-electron chi connectivity index (χ4n) is 3.05. The van der Waals surface area contributed by atoms with E-state index in [1.54, 1.807) is 0 Å². The second-order valence-electron chi connectivity index (χ2n) is 5.20. The zero-order valence-electron chi connectivity index (χ0n) is 10.6. The van der Waals surface area contributed by atoms with E-state index in [9.17, 15) is 4.79 Å². The lowest BCUT2D eigenvalue weighted by atomic mass is 9.78. The molecule has 3 heteroatoms. The standard InChI is InChI=1S/C15H18O3/c1-11-4-2-3-5-12(11)13-6-7-15(10-14(13)16)17-8-9-18-15/h2-5,13H,6-10H2,1H3. The first-order valence-corrected chi connectivity index (χ1v) is 6.56. The van der Waals surface area contributed by atoms with Crippen molar-refractivity contribution in [1.29, 1.82) is 0 Å². The number of hydrogen-bond donors (Lipinski definition) is 0. The highest BCUT2D eigenvalue weighted by Crippen LogP contribution is 2.40. The fourth-order valence-corrected chi connectivity index (χ4v) is 3.05. The number of aryl methyl sites for hydroxylation is 1. The molecule has 1 spiro atoms. The van der Waals surface area contributed by atoms with Gasteiger partial charge in [-0.25, -0.2) is 0 Å². The molecule has 3 rings (SSSR count). The van der Waals surface area contributed by atoms with Crippen molar-refractivity contribution in [2.45, 2.75) is 37.9 Å². The molecular weight excluding hydrogens is 228 g/mol. The van der Waals surface area contributed by atoms with E-state index in [-0.39, 0.29) is 11.7 Å². The molecule has 1 saturated heterocycles. The molecule has 2 aliphatic rings. The van der Waals surface area contributed by atoms with Gasteiger partial charge in [-0.05, 0) is 24.5 Å². The van der Waals surface area contributed by atoms with Crippen molar-refractivity contribution in [2.75, 3.05) is 13.2 Å². The van der Waals surface area contributed by atoms with E-state index in [0.717, 1.165) is 18.4 Å². The Bertz CT molecular complexity index is 461. The summed E-state index contributed by atoms with van der Waals surface area (Å²) in [5.41, 5.74) is 2.36. The van der Waals surface area contributed by atoms with Gasteiger partial charge in [0, 0.05) is 12.3 Å². The van der Waals surface area contributed by atoms with Crippen molar-refractivity contribution in [1.82, 2.24) is 0 Å². The molecule has 1 aliphatic carbocycles. The van der Waals surface area contributed by atoms with E-state index in [1.165, 1.54) is 5.56 Å². The molecule has 3 nitrogen and oxygen atoms in total. The molecular formula is C15H18O3. The second kappa shape index (κ2) is 4.48. The third-order valence-electron chi connectivity index (χ3n) is 4.02. The third-order valence-corrected chi connectivity index (χ3v) is 4.02. The zero-order valence-corrected chi connectivity index (χ0v) is 10.6. The Morgan fingerprint density at radius 1 is 1.22 bits per heavy atom. The number of hydrogen-bond acceptors (Lipinski definition) is 3. The Kier molecular flexibility index (Phi) is 2.96. The maximum absolute atomic E-state index is 12.3. The van der Waals surface area contributed by atoms with Gasteiger partial charge >= 0.3 is 0 Å². The molecule has 2 fully saturated rings. The maximum Gasteiger partial charge on any atom is 0.175 e. The molecule has 0 aromatic heterocycles. The lowest BCUT2D eigenvalue weighted by Gasteiger charge is -2.34. The van der Waals surface area contributed by atoms with E-state index < -0.39 is 5.79 Å². The van der Waals surface area contributed by atoms with Gasteiger partial charge in [0.05, 0.1) is 19.6 Å². The van der Waals surface area contributed by atoms with Crippen molar-refractivity contribution in [2.24, 2.45) is 0 Å². The summed E-state index contributed by atoms with van der Waals surface area (Å²) in [4.78, 5) is 12.3. The molecule has 1 aromatic rings. The van der Waals surface area contributed by atoms with Crippen LogP contribution in [-0.2, 0) is 14.3 Å². The number of ether oxygens (including phenoxy) is 2. The van der Waals surface area contributed by atoms with E-state index in [2.05, 4.69) is 19.1 Å². The number of benzene rings is 1. The lowest BCUT2D eigenvalue weighted by Crippen LogP contribution is -2.39. The molecule has 0 amide bonds. The summed E-state index contributed by atoms with van der Waals surface area (Å²) in [5.74, 6) is -0.335. The van der Waals surface area contributed by atoms with Gasteiger partial charge in [0.25, 0.3) is 0 Å². The highest BCUT2D eigenvalue weighted by atomic mass is 16.7. The first kappa shape index (κ1) is 11.9. The third kappa shape index (κ3) is 1.98. The Morgan fingerprint density at radius 2 is 1.94 bits per heavy atom. The van der Waals surface area contributed by atoms with Gasteiger partial charge < -0.3 is 9.47 Å². The molecule has 1 unspecified atom stereocenters. The monoisotopic (exact) mass is 246 g/mol. The number of Topliss-reactive ketones (excluding diaryl/α,β-unsaturated/α-hetero) is 1. The predicted molar refractivity (Wildman–Crippen MR) is 67.4 cm³/mol. The molecule has 1 saturated carbocycles. The van der Waals surface area contributed by atoms with Crippen LogP contribution in [0, 0.1) is 6.92 Å². The largest absolute Gasteiger partial charge is 0.347 e. The maximum atomic E-state index is 12.3. The minimum absolute atomic E-state index is 0.0182. The first-order chi connectivity index (χ1) is 8.70. The van der Waals surface area contributed by atoms with Crippen LogP contribution in [0.4, 0.5) is 0 Å². The quantitative estimate of drug-likeness (QED) is 0.764. The van der Waals surface area contributed by atoms with E-state index in [1.807, 2.05) is 12.1 Å². The van der Waals surface area contributed by atoms with Gasteiger partial charge in [0.2, 0.25) is 0 Å². The zero-order chi connectivity index (χ0) is 12.6. The van der Waals surface area contributed by atoms with Crippen LogP contribution >= 0.6 is 0 Å². The first-order valence-electron chi connectivity index (χ1n) is 6.56. The van der Waals surface area contributed by atoms with Crippen molar-refractivity contribution in [3.63, 3.8) is 0 Å². The van der Waals surface area contributed by atoms with E-state index in [4.69, 9.17) is 9.47 Å². The average molecular weight is 246 g/mol. The Labute approximate surface area is 107 Å². The van der Waals surface area contributed by atoms with Crippen LogP contribution in [0.3, 0.4) is 0 Å². The molecule has 0 radical (unpaired) electrons. The predicted octanol–water partition coefficient (Wildman–Crippen LogP) is 2.57. The van der Waals surface area contributed by atoms with Crippen LogP contribution < -0.4 is 0 Å². The number of rotatable bonds is 1. The van der Waals surface area contributed by atoms with Crippen molar-refractivity contribution in [3.05, 3.63) is 35.4 Å². The summed E-state index contributed by atoms with van der Waals surface area (Å²) in [7, 11) is 0. The number of ketones is 1. The molecule has 1 aliphatic heterocycles. The van der Waals surface area contributed by atoms with Crippen LogP contribution in [0.15, 0.2) is 24.3 Å². The summed E-state index contributed by atoms with van der Waals surface area (Å²) in [5, 5.41) is 0. The van der Waals surface area contributed by atoms with Gasteiger partial charge in [-0.1, -0.05) is 24.3 Å². The topological polar surface area (TPSA) is 35.5 Å². The molecule has 1 atom stereocenters. The molecule has 18 heavy (non-hydrogen) atoms. The molecule has 0 N–H and O–H groups in total. The van der Waals surface area contributed by atoms with Crippen LogP contribution in [-0.4, -0.2) is 24.8 Å². The minimum Gasteiger partial charge on any atom is -0.347 e. The Morgan fingerprint density at radius 3 is 2.61 bits per heavy atom. The fraction of sp³-hybridized carbons (Fsp3) is 0.533.